The number of hydrogen-bond acceptors (Lipinski definition) is 6. The van der Waals surface area contributed by atoms with Crippen molar-refractivity contribution in [1.29, 1.82) is 0 Å². The van der Waals surface area contributed by atoms with Crippen LogP contribution >= 0.6 is 0 Å². The molecule has 0 N–H and O–H groups in total. The topological polar surface area (TPSA) is 63.2 Å². The van der Waals surface area contributed by atoms with E-state index in [2.05, 4.69) is 27.7 Å². The highest BCUT2D eigenvalue weighted by atomic mass is 16.8. The van der Waals surface area contributed by atoms with Crippen molar-refractivity contribution in [2.75, 3.05) is 14.2 Å². The molecular weight excluding hydrogens is 384 g/mol. The quantitative estimate of drug-likeness (QED) is 0.624. The van der Waals surface area contributed by atoms with E-state index in [4.69, 9.17) is 23.7 Å². The van der Waals surface area contributed by atoms with Gasteiger partial charge in [0.25, 0.3) is 0 Å². The van der Waals surface area contributed by atoms with E-state index >= 15 is 0 Å². The molecule has 30 heavy (non-hydrogen) atoms. The average Bonchev–Trinajstić information content (AvgIpc) is 3.21. The van der Waals surface area contributed by atoms with Crippen LogP contribution < -0.4 is 0 Å². The van der Waals surface area contributed by atoms with E-state index < -0.39 is 11.9 Å². The third-order valence-corrected chi connectivity index (χ3v) is 9.08. The summed E-state index contributed by atoms with van der Waals surface area (Å²) in [7, 11) is 3.36. The van der Waals surface area contributed by atoms with Crippen LogP contribution in [0.5, 0.6) is 0 Å². The number of hydrogen-bond donors (Lipinski definition) is 0. The van der Waals surface area contributed by atoms with Crippen LogP contribution in [0, 0.1) is 22.7 Å². The van der Waals surface area contributed by atoms with E-state index in [1.807, 2.05) is 0 Å². The van der Waals surface area contributed by atoms with Crippen LogP contribution in [0.25, 0.3) is 0 Å². The molecule has 8 atom stereocenters. The summed E-state index contributed by atoms with van der Waals surface area (Å²) in [5, 5.41) is 0. The minimum Gasteiger partial charge on any atom is -0.462 e. The van der Waals surface area contributed by atoms with Gasteiger partial charge in [-0.1, -0.05) is 34.1 Å². The molecule has 0 bridgehead atoms. The third kappa shape index (κ3) is 3.08. The lowest BCUT2D eigenvalue weighted by Crippen LogP contribution is -2.67. The van der Waals surface area contributed by atoms with E-state index in [9.17, 15) is 4.79 Å². The molecule has 2 saturated heterocycles. The van der Waals surface area contributed by atoms with Gasteiger partial charge in [0.2, 0.25) is 0 Å². The van der Waals surface area contributed by atoms with Gasteiger partial charge in [0, 0.05) is 38.9 Å². The summed E-state index contributed by atoms with van der Waals surface area (Å²) in [6, 6.07) is 0. The summed E-state index contributed by atoms with van der Waals surface area (Å²) in [6.45, 7) is 10.9. The van der Waals surface area contributed by atoms with Crippen molar-refractivity contribution in [3.05, 3.63) is 0 Å². The lowest BCUT2D eigenvalue weighted by Gasteiger charge is -2.65. The second-order valence-electron chi connectivity index (χ2n) is 11.2. The lowest BCUT2D eigenvalue weighted by atomic mass is 9.43. The van der Waals surface area contributed by atoms with Crippen LogP contribution in [0.4, 0.5) is 0 Å². The summed E-state index contributed by atoms with van der Waals surface area (Å²) in [5.74, 6) is 0.355. The second-order valence-corrected chi connectivity index (χ2v) is 11.2. The molecular formula is C24H40O6. The molecule has 4 fully saturated rings. The highest BCUT2D eigenvalue weighted by Crippen LogP contribution is 2.69. The van der Waals surface area contributed by atoms with Gasteiger partial charge >= 0.3 is 5.97 Å². The summed E-state index contributed by atoms with van der Waals surface area (Å²) in [6.07, 6.45) is 6.03. The van der Waals surface area contributed by atoms with Crippen LogP contribution in [0.3, 0.4) is 0 Å². The van der Waals surface area contributed by atoms with Gasteiger partial charge in [0.05, 0.1) is 5.60 Å². The van der Waals surface area contributed by atoms with E-state index in [-0.39, 0.29) is 46.6 Å². The van der Waals surface area contributed by atoms with Gasteiger partial charge in [0.15, 0.2) is 12.6 Å². The van der Waals surface area contributed by atoms with Gasteiger partial charge in [-0.25, -0.2) is 0 Å². The average molecular weight is 425 g/mol. The van der Waals surface area contributed by atoms with Gasteiger partial charge < -0.3 is 23.7 Å². The van der Waals surface area contributed by atoms with Crippen molar-refractivity contribution in [2.45, 2.75) is 109 Å². The maximum atomic E-state index is 12.0. The minimum atomic E-state index is -0.479. The van der Waals surface area contributed by atoms with Gasteiger partial charge in [-0.15, -0.1) is 0 Å². The molecule has 2 saturated carbocycles. The van der Waals surface area contributed by atoms with Crippen LogP contribution in [0.15, 0.2) is 0 Å². The Hall–Kier alpha value is -0.690. The molecule has 6 nitrogen and oxygen atoms in total. The van der Waals surface area contributed by atoms with E-state index in [1.54, 1.807) is 14.2 Å². The van der Waals surface area contributed by atoms with Crippen molar-refractivity contribution >= 4 is 5.97 Å². The van der Waals surface area contributed by atoms with E-state index in [0.717, 1.165) is 32.1 Å². The summed E-state index contributed by atoms with van der Waals surface area (Å²) in [4.78, 5) is 12.0. The summed E-state index contributed by atoms with van der Waals surface area (Å²) >= 11 is 0. The normalized spacial score (nSPS) is 50.0. The number of fused-ring (bicyclic) bond motifs is 2. The zero-order chi connectivity index (χ0) is 21.9. The Morgan fingerprint density at radius 1 is 1.03 bits per heavy atom. The van der Waals surface area contributed by atoms with Gasteiger partial charge in [-0.05, 0) is 43.4 Å². The first-order valence-corrected chi connectivity index (χ1v) is 11.6. The predicted molar refractivity (Wildman–Crippen MR) is 112 cm³/mol. The van der Waals surface area contributed by atoms with Crippen molar-refractivity contribution in [3.8, 4) is 0 Å². The maximum absolute atomic E-state index is 12.0. The number of methoxy groups -OCH3 is 2. The highest BCUT2D eigenvalue weighted by molar-refractivity contribution is 5.66. The van der Waals surface area contributed by atoms with Crippen LogP contribution in [0.2, 0.25) is 0 Å². The Morgan fingerprint density at radius 3 is 2.40 bits per heavy atom. The van der Waals surface area contributed by atoms with Crippen LogP contribution in [0.1, 0.15) is 79.6 Å². The SMILES string of the molecule is CO[C@H]1C[C@@]2(CC[C@@]3(O2)[C@H](C)C[C@@H](OC(C)=O)[C@H]2C(C)(C)CCC[C@@]23C)[C@H](OC)O1. The first-order valence-electron chi connectivity index (χ1n) is 11.6. The Kier molecular flexibility index (Phi) is 5.57. The van der Waals surface area contributed by atoms with E-state index in [1.165, 1.54) is 13.3 Å². The number of carbonyl (C=O) groups is 1. The Balaban J connectivity index is 1.74. The molecule has 4 rings (SSSR count). The third-order valence-electron chi connectivity index (χ3n) is 9.08. The predicted octanol–water partition coefficient (Wildman–Crippen LogP) is 4.44. The fourth-order valence-corrected chi connectivity index (χ4v) is 8.06. The molecule has 172 valence electrons. The van der Waals surface area contributed by atoms with Crippen molar-refractivity contribution in [3.63, 3.8) is 0 Å². The highest BCUT2D eigenvalue weighted by Gasteiger charge is 2.72. The molecule has 4 aliphatic rings. The molecule has 0 radical (unpaired) electrons. The molecule has 0 unspecified atom stereocenters. The molecule has 2 heterocycles. The van der Waals surface area contributed by atoms with Crippen LogP contribution in [-0.4, -0.2) is 50.1 Å². The van der Waals surface area contributed by atoms with Crippen molar-refractivity contribution in [1.82, 2.24) is 0 Å². The van der Waals surface area contributed by atoms with Crippen LogP contribution in [-0.2, 0) is 28.5 Å². The molecule has 0 aromatic rings. The molecule has 2 aliphatic heterocycles. The minimum absolute atomic E-state index is 0.0617. The maximum Gasteiger partial charge on any atom is 0.302 e. The fraction of sp³-hybridized carbons (Fsp3) is 0.958. The Labute approximate surface area is 181 Å². The molecule has 2 spiro atoms. The molecule has 2 aliphatic carbocycles. The fourth-order valence-electron chi connectivity index (χ4n) is 8.06. The monoisotopic (exact) mass is 424 g/mol. The zero-order valence-corrected chi connectivity index (χ0v) is 19.8. The Morgan fingerprint density at radius 2 is 1.77 bits per heavy atom. The first-order chi connectivity index (χ1) is 14.0. The molecule has 0 amide bonds. The van der Waals surface area contributed by atoms with E-state index in [0.29, 0.717) is 6.42 Å². The first kappa shape index (κ1) is 22.5. The summed E-state index contributed by atoms with van der Waals surface area (Å²) < 4.78 is 30.5. The zero-order valence-electron chi connectivity index (χ0n) is 19.8. The number of rotatable bonds is 3. The largest absolute Gasteiger partial charge is 0.462 e. The Bertz CT molecular complexity index is 679. The van der Waals surface area contributed by atoms with Crippen molar-refractivity contribution in [2.24, 2.45) is 22.7 Å². The molecule has 0 aromatic heterocycles. The standard InChI is InChI=1S/C24H40O6/c1-15-13-17(28-16(2)25)19-21(3,4)9-8-10-22(19,5)24(15)12-11-23(30-24)14-18(26-6)29-20(23)27-7/h15,17-20H,8-14H2,1-7H3/t15-,17-,18-,19+,20-,22+,23+,24-/m1/s1. The number of ether oxygens (including phenoxy) is 5. The molecule has 6 heteroatoms. The smallest absolute Gasteiger partial charge is 0.302 e. The number of carbonyl (C=O) groups excluding carboxylic acids is 1. The lowest BCUT2D eigenvalue weighted by molar-refractivity contribution is -0.296. The number of esters is 1. The second kappa shape index (κ2) is 7.43. The molecule has 0 aromatic carbocycles. The van der Waals surface area contributed by atoms with Gasteiger partial charge in [-0.2, -0.15) is 0 Å². The van der Waals surface area contributed by atoms with Crippen molar-refractivity contribution < 1.29 is 28.5 Å². The summed E-state index contributed by atoms with van der Waals surface area (Å²) in [5.41, 5.74) is -0.761. The van der Waals surface area contributed by atoms with Gasteiger partial charge in [-0.3, -0.25) is 4.79 Å². The van der Waals surface area contributed by atoms with Gasteiger partial charge in [0.1, 0.15) is 11.7 Å².